The third-order valence-electron chi connectivity index (χ3n) is 5.04. The van der Waals surface area contributed by atoms with Gasteiger partial charge in [-0.15, -0.1) is 20.4 Å². The van der Waals surface area contributed by atoms with E-state index in [2.05, 4.69) is 37.6 Å². The Balaban J connectivity index is 1.39. The Morgan fingerprint density at radius 2 is 1.73 bits per heavy atom. The molecule has 0 aliphatic rings. The zero-order chi connectivity index (χ0) is 26.6. The van der Waals surface area contributed by atoms with Crippen molar-refractivity contribution < 1.29 is 14.7 Å². The highest BCUT2D eigenvalue weighted by Gasteiger charge is 2.19. The summed E-state index contributed by atoms with van der Waals surface area (Å²) in [5.41, 5.74) is 1.29. The molecule has 0 fully saturated rings. The topological polar surface area (TPSA) is 130 Å². The quantitative estimate of drug-likeness (QED) is 0.192. The maximum absolute atomic E-state index is 12.3. The van der Waals surface area contributed by atoms with Gasteiger partial charge in [0.15, 0.2) is 6.10 Å². The second-order valence-electron chi connectivity index (χ2n) is 7.84. The molecule has 3 aromatic rings. The molecule has 9 nitrogen and oxygen atoms in total. The van der Waals surface area contributed by atoms with Gasteiger partial charge in [-0.25, -0.2) is 0 Å². The van der Waals surface area contributed by atoms with Crippen molar-refractivity contribution in [3.05, 3.63) is 81.3 Å². The molecular weight excluding hydrogens is 532 g/mol. The van der Waals surface area contributed by atoms with Gasteiger partial charge in [0.1, 0.15) is 10.0 Å². The molecule has 3 N–H and O–H groups in total. The number of aryl methyl sites for hydroxylation is 2. The minimum absolute atomic E-state index is 0.149. The minimum Gasteiger partial charge on any atom is -0.378 e. The highest BCUT2D eigenvalue weighted by atomic mass is 35.5. The van der Waals surface area contributed by atoms with Gasteiger partial charge in [-0.3, -0.25) is 14.9 Å². The number of nitrogens with zero attached hydrogens (tertiary/aromatic N) is 4. The number of benzene rings is 1. The van der Waals surface area contributed by atoms with E-state index in [4.69, 9.17) is 11.6 Å². The molecule has 194 valence electrons. The summed E-state index contributed by atoms with van der Waals surface area (Å²) in [4.78, 5) is 24.6. The largest absolute Gasteiger partial charge is 0.378 e. The lowest BCUT2D eigenvalue weighted by atomic mass is 10.1. The van der Waals surface area contributed by atoms with Crippen LogP contribution >= 0.6 is 34.3 Å². The fourth-order valence-corrected chi connectivity index (χ4v) is 4.94. The van der Waals surface area contributed by atoms with Crippen molar-refractivity contribution in [2.45, 2.75) is 45.1 Å². The van der Waals surface area contributed by atoms with Crippen LogP contribution in [0.4, 0.5) is 10.3 Å². The Hall–Kier alpha value is -3.25. The fourth-order valence-electron chi connectivity index (χ4n) is 3.16. The standard InChI is InChI=1S/C25H27ClN6O3S2/c1-3-5-9-16(4-2)14-19(33)27-24-31-29-20(36-24)12-6-7-13-21-30-32-25(37-21)28-23(35)22(34)17-10-8-11-18(26)15-17/h3-5,8-11,15,22,34H,1,6-7,12-14H2,2H3,(H,27,31,33)(H,28,32,35)/b9-5-,16-4+. The smallest absolute Gasteiger partial charge is 0.259 e. The molecule has 2 amide bonds. The van der Waals surface area contributed by atoms with Crippen LogP contribution in [-0.4, -0.2) is 37.3 Å². The van der Waals surface area contributed by atoms with E-state index in [0.29, 0.717) is 27.3 Å². The molecule has 1 unspecified atom stereocenters. The number of hydrogen-bond donors (Lipinski definition) is 3. The van der Waals surface area contributed by atoms with Gasteiger partial charge in [0.25, 0.3) is 5.91 Å². The summed E-state index contributed by atoms with van der Waals surface area (Å²) in [5, 5.41) is 34.8. The number of rotatable bonds is 13. The van der Waals surface area contributed by atoms with Crippen molar-refractivity contribution in [2.75, 3.05) is 10.6 Å². The van der Waals surface area contributed by atoms with Crippen LogP contribution in [0.3, 0.4) is 0 Å². The maximum Gasteiger partial charge on any atom is 0.259 e. The predicted octanol–water partition coefficient (Wildman–Crippen LogP) is 5.30. The first-order valence-electron chi connectivity index (χ1n) is 11.5. The molecule has 0 radical (unpaired) electrons. The first-order valence-corrected chi connectivity index (χ1v) is 13.5. The molecule has 1 atom stereocenters. The molecule has 1 aromatic carbocycles. The number of nitrogens with one attached hydrogen (secondary N) is 2. The molecule has 3 rings (SSSR count). The summed E-state index contributed by atoms with van der Waals surface area (Å²) in [5.74, 6) is -0.747. The van der Waals surface area contributed by atoms with E-state index in [9.17, 15) is 14.7 Å². The molecule has 0 spiro atoms. The normalized spacial score (nSPS) is 12.5. The summed E-state index contributed by atoms with van der Waals surface area (Å²) in [6.45, 7) is 5.51. The number of amides is 2. The van der Waals surface area contributed by atoms with Gasteiger partial charge in [0.2, 0.25) is 16.2 Å². The van der Waals surface area contributed by atoms with E-state index < -0.39 is 12.0 Å². The summed E-state index contributed by atoms with van der Waals surface area (Å²) in [6, 6.07) is 6.49. The maximum atomic E-state index is 12.3. The zero-order valence-corrected chi connectivity index (χ0v) is 22.6. The van der Waals surface area contributed by atoms with E-state index in [1.807, 2.05) is 19.1 Å². The molecule has 0 aliphatic heterocycles. The van der Waals surface area contributed by atoms with E-state index in [-0.39, 0.29) is 12.3 Å². The van der Waals surface area contributed by atoms with Crippen molar-refractivity contribution in [3.8, 4) is 0 Å². The number of carbonyl (C=O) groups is 2. The van der Waals surface area contributed by atoms with Gasteiger partial charge >= 0.3 is 0 Å². The Morgan fingerprint density at radius 3 is 2.32 bits per heavy atom. The first kappa shape index (κ1) is 28.3. The van der Waals surface area contributed by atoms with Gasteiger partial charge in [-0.05, 0) is 43.0 Å². The first-order chi connectivity index (χ1) is 17.9. The van der Waals surface area contributed by atoms with Crippen molar-refractivity contribution in [3.63, 3.8) is 0 Å². The molecule has 2 aromatic heterocycles. The third-order valence-corrected chi connectivity index (χ3v) is 7.07. The summed E-state index contributed by atoms with van der Waals surface area (Å²) in [6.07, 6.45) is 9.18. The molecular formula is C25H27ClN6O3S2. The van der Waals surface area contributed by atoms with Crippen LogP contribution in [0.25, 0.3) is 0 Å². The van der Waals surface area contributed by atoms with Gasteiger partial charge in [-0.1, -0.05) is 77.3 Å². The number of allylic oxidation sites excluding steroid dienone is 4. The number of halogens is 1. The van der Waals surface area contributed by atoms with E-state index in [0.717, 1.165) is 34.9 Å². The lowest BCUT2D eigenvalue weighted by Crippen LogP contribution is -2.20. The zero-order valence-electron chi connectivity index (χ0n) is 20.2. The number of carbonyl (C=O) groups excluding carboxylic acids is 2. The monoisotopic (exact) mass is 558 g/mol. The Bertz CT molecular complexity index is 1290. The fraction of sp³-hybridized carbons (Fsp3) is 0.280. The van der Waals surface area contributed by atoms with E-state index >= 15 is 0 Å². The van der Waals surface area contributed by atoms with Crippen molar-refractivity contribution in [2.24, 2.45) is 0 Å². The SMILES string of the molecule is C=C/C=C\C(=C/C)CC(=O)Nc1nnc(CCCCc2nnc(NC(=O)C(O)c3cccc(Cl)c3)s2)s1. The average Bonchev–Trinajstić information content (AvgIpc) is 3.52. The van der Waals surface area contributed by atoms with Crippen molar-refractivity contribution in [1.29, 1.82) is 0 Å². The average molecular weight is 559 g/mol. The Labute approximate surface area is 228 Å². The number of aliphatic hydroxyl groups is 1. The Kier molecular flexibility index (Phi) is 11.1. The summed E-state index contributed by atoms with van der Waals surface area (Å²) < 4.78 is 0. The lowest BCUT2D eigenvalue weighted by Gasteiger charge is -2.09. The highest BCUT2D eigenvalue weighted by molar-refractivity contribution is 7.15. The molecule has 2 heterocycles. The van der Waals surface area contributed by atoms with Crippen LogP contribution in [0.1, 0.15) is 47.9 Å². The van der Waals surface area contributed by atoms with Gasteiger partial charge in [-0.2, -0.15) is 0 Å². The lowest BCUT2D eigenvalue weighted by molar-refractivity contribution is -0.124. The molecule has 0 bridgehead atoms. The number of aliphatic hydroxyl groups excluding tert-OH is 1. The second kappa shape index (κ2) is 14.5. The van der Waals surface area contributed by atoms with E-state index in [1.54, 1.807) is 30.4 Å². The molecule has 0 saturated heterocycles. The second-order valence-corrected chi connectivity index (χ2v) is 10.4. The van der Waals surface area contributed by atoms with Crippen LogP contribution in [-0.2, 0) is 22.4 Å². The van der Waals surface area contributed by atoms with Crippen LogP contribution in [0.2, 0.25) is 5.02 Å². The molecule has 0 aliphatic carbocycles. The number of hydrogen-bond acceptors (Lipinski definition) is 9. The van der Waals surface area contributed by atoms with E-state index in [1.165, 1.54) is 28.7 Å². The van der Waals surface area contributed by atoms with Gasteiger partial charge in [0, 0.05) is 17.9 Å². The van der Waals surface area contributed by atoms with Crippen LogP contribution < -0.4 is 10.6 Å². The van der Waals surface area contributed by atoms with Crippen molar-refractivity contribution >= 4 is 56.4 Å². The molecule has 12 heteroatoms. The number of anilines is 2. The highest BCUT2D eigenvalue weighted by Crippen LogP contribution is 2.23. The van der Waals surface area contributed by atoms with Crippen LogP contribution in [0, 0.1) is 0 Å². The minimum atomic E-state index is -1.35. The van der Waals surface area contributed by atoms with Gasteiger partial charge in [0.05, 0.1) is 6.42 Å². The molecule has 0 saturated carbocycles. The van der Waals surface area contributed by atoms with Crippen LogP contribution in [0.5, 0.6) is 0 Å². The summed E-state index contributed by atoms with van der Waals surface area (Å²) >= 11 is 8.55. The number of unbranched alkanes of at least 4 members (excludes halogenated alkanes) is 1. The van der Waals surface area contributed by atoms with Gasteiger partial charge < -0.3 is 10.4 Å². The third kappa shape index (κ3) is 9.29. The van der Waals surface area contributed by atoms with Crippen LogP contribution in [0.15, 0.2) is 60.7 Å². The predicted molar refractivity (Wildman–Crippen MR) is 148 cm³/mol. The summed E-state index contributed by atoms with van der Waals surface area (Å²) in [7, 11) is 0. The molecule has 37 heavy (non-hydrogen) atoms. The Morgan fingerprint density at radius 1 is 1.08 bits per heavy atom. The van der Waals surface area contributed by atoms with Crippen molar-refractivity contribution in [1.82, 2.24) is 20.4 Å². The number of aromatic nitrogens is 4.